The van der Waals surface area contributed by atoms with Crippen LogP contribution in [0, 0.1) is 34.0 Å². The topological polar surface area (TPSA) is 96.2 Å². The van der Waals surface area contributed by atoms with Gasteiger partial charge in [-0.2, -0.15) is 0 Å². The Morgan fingerprint density at radius 3 is 2.50 bits per heavy atom. The molecular formula is C22H34O6. The number of fused-ring (bicyclic) bond motifs is 1. The SMILES string of the molecule is CC(=O)O[C@H]1CC[C@]2(C)[C@H]([C@@H](O)C[C@]34C[C@H]5C[C@H](O[C@@]5(CO)[C@H]3O)[C@@H]24)C1(C)C. The number of carbonyl (C=O) groups is 1. The lowest BCUT2D eigenvalue weighted by molar-refractivity contribution is -0.305. The molecule has 6 fully saturated rings. The minimum absolute atomic E-state index is 0.0235. The Hall–Kier alpha value is -0.690. The van der Waals surface area contributed by atoms with Crippen molar-refractivity contribution >= 4 is 5.97 Å². The van der Waals surface area contributed by atoms with Crippen molar-refractivity contribution in [3.8, 4) is 0 Å². The third-order valence-electron chi connectivity index (χ3n) is 9.73. The first kappa shape index (κ1) is 19.3. The van der Waals surface area contributed by atoms with E-state index in [1.165, 1.54) is 6.92 Å². The monoisotopic (exact) mass is 394 g/mol. The van der Waals surface area contributed by atoms with E-state index < -0.39 is 17.8 Å². The predicted octanol–water partition coefficient (Wildman–Crippen LogP) is 1.64. The summed E-state index contributed by atoms with van der Waals surface area (Å²) in [6.07, 6.45) is 2.34. The van der Waals surface area contributed by atoms with Gasteiger partial charge in [0.2, 0.25) is 0 Å². The van der Waals surface area contributed by atoms with Crippen LogP contribution in [-0.2, 0) is 14.3 Å². The van der Waals surface area contributed by atoms with Crippen LogP contribution in [0.3, 0.4) is 0 Å². The first-order chi connectivity index (χ1) is 13.0. The van der Waals surface area contributed by atoms with Gasteiger partial charge in [-0.3, -0.25) is 4.79 Å². The second-order valence-corrected chi connectivity index (χ2v) is 11.2. The third kappa shape index (κ3) is 1.96. The molecule has 28 heavy (non-hydrogen) atoms. The zero-order valence-electron chi connectivity index (χ0n) is 17.4. The summed E-state index contributed by atoms with van der Waals surface area (Å²) in [5.74, 6) is 0.0156. The van der Waals surface area contributed by atoms with Crippen LogP contribution in [0.5, 0.6) is 0 Å². The van der Waals surface area contributed by atoms with Crippen molar-refractivity contribution < 1.29 is 29.6 Å². The molecule has 0 unspecified atom stereocenters. The summed E-state index contributed by atoms with van der Waals surface area (Å²) in [6, 6.07) is 0. The van der Waals surface area contributed by atoms with Gasteiger partial charge in [0, 0.05) is 17.8 Å². The molecule has 0 aromatic heterocycles. The summed E-state index contributed by atoms with van der Waals surface area (Å²) < 4.78 is 12.1. The number of ether oxygens (including phenoxy) is 2. The summed E-state index contributed by atoms with van der Waals surface area (Å²) >= 11 is 0. The Labute approximate surface area is 166 Å². The van der Waals surface area contributed by atoms with E-state index in [2.05, 4.69) is 20.8 Å². The maximum atomic E-state index is 11.7. The molecular weight excluding hydrogens is 360 g/mol. The van der Waals surface area contributed by atoms with Crippen molar-refractivity contribution in [2.75, 3.05) is 6.61 Å². The van der Waals surface area contributed by atoms with Crippen LogP contribution in [0.2, 0.25) is 0 Å². The van der Waals surface area contributed by atoms with Crippen LogP contribution in [0.15, 0.2) is 0 Å². The van der Waals surface area contributed by atoms with Crippen molar-refractivity contribution in [2.24, 2.45) is 34.0 Å². The molecule has 6 nitrogen and oxygen atoms in total. The Morgan fingerprint density at radius 2 is 1.89 bits per heavy atom. The average molecular weight is 395 g/mol. The molecule has 158 valence electrons. The highest BCUT2D eigenvalue weighted by atomic mass is 16.6. The fraction of sp³-hybridized carbons (Fsp3) is 0.955. The van der Waals surface area contributed by atoms with E-state index in [0.29, 0.717) is 6.42 Å². The molecule has 2 heterocycles. The minimum Gasteiger partial charge on any atom is -0.462 e. The second-order valence-electron chi connectivity index (χ2n) is 11.2. The molecule has 10 atom stereocenters. The van der Waals surface area contributed by atoms with Crippen molar-refractivity contribution in [1.29, 1.82) is 0 Å². The van der Waals surface area contributed by atoms with Crippen molar-refractivity contribution in [3.05, 3.63) is 0 Å². The van der Waals surface area contributed by atoms with Gasteiger partial charge in [-0.1, -0.05) is 20.8 Å². The van der Waals surface area contributed by atoms with Gasteiger partial charge in [0.25, 0.3) is 0 Å². The van der Waals surface area contributed by atoms with Gasteiger partial charge in [0.15, 0.2) is 0 Å². The largest absolute Gasteiger partial charge is 0.462 e. The van der Waals surface area contributed by atoms with Crippen LogP contribution in [0.25, 0.3) is 0 Å². The quantitative estimate of drug-likeness (QED) is 0.616. The molecule has 0 amide bonds. The Balaban J connectivity index is 1.58. The molecule has 2 saturated heterocycles. The van der Waals surface area contributed by atoms with Crippen LogP contribution in [-0.4, -0.2) is 57.9 Å². The molecule has 0 aromatic rings. The summed E-state index contributed by atoms with van der Waals surface area (Å²) in [4.78, 5) is 11.7. The van der Waals surface area contributed by atoms with Crippen LogP contribution < -0.4 is 0 Å². The summed E-state index contributed by atoms with van der Waals surface area (Å²) in [6.45, 7) is 7.77. The summed E-state index contributed by atoms with van der Waals surface area (Å²) in [5.41, 5.74) is -1.80. The fourth-order valence-corrected chi connectivity index (χ4v) is 9.26. The van der Waals surface area contributed by atoms with Crippen molar-refractivity contribution in [3.63, 3.8) is 0 Å². The number of hydrogen-bond acceptors (Lipinski definition) is 6. The van der Waals surface area contributed by atoms with Crippen molar-refractivity contribution in [1.82, 2.24) is 0 Å². The van der Waals surface area contributed by atoms with E-state index in [-0.39, 0.29) is 58.8 Å². The second kappa shape index (κ2) is 5.51. The van der Waals surface area contributed by atoms with Gasteiger partial charge >= 0.3 is 5.97 Å². The number of rotatable bonds is 2. The van der Waals surface area contributed by atoms with E-state index in [1.807, 2.05) is 0 Å². The highest BCUT2D eigenvalue weighted by molar-refractivity contribution is 5.66. The molecule has 0 aromatic carbocycles. The van der Waals surface area contributed by atoms with Gasteiger partial charge in [-0.05, 0) is 55.3 Å². The van der Waals surface area contributed by atoms with E-state index in [9.17, 15) is 20.1 Å². The zero-order chi connectivity index (χ0) is 20.3. The molecule has 4 bridgehead atoms. The number of aliphatic hydroxyl groups is 3. The minimum atomic E-state index is -0.839. The fourth-order valence-electron chi connectivity index (χ4n) is 9.26. The van der Waals surface area contributed by atoms with Gasteiger partial charge in [-0.25, -0.2) is 0 Å². The average Bonchev–Trinajstić information content (AvgIpc) is 2.96. The maximum absolute atomic E-state index is 11.7. The number of esters is 1. The van der Waals surface area contributed by atoms with Crippen LogP contribution in [0.4, 0.5) is 0 Å². The van der Waals surface area contributed by atoms with E-state index in [0.717, 1.165) is 25.7 Å². The van der Waals surface area contributed by atoms with Gasteiger partial charge in [-0.15, -0.1) is 0 Å². The molecule has 6 aliphatic rings. The van der Waals surface area contributed by atoms with Crippen LogP contribution >= 0.6 is 0 Å². The van der Waals surface area contributed by atoms with Crippen LogP contribution in [0.1, 0.15) is 59.8 Å². The molecule has 4 aliphatic carbocycles. The van der Waals surface area contributed by atoms with Crippen molar-refractivity contribution in [2.45, 2.75) is 89.8 Å². The highest BCUT2D eigenvalue weighted by Gasteiger charge is 2.80. The smallest absolute Gasteiger partial charge is 0.302 e. The molecule has 4 saturated carbocycles. The lowest BCUT2D eigenvalue weighted by Crippen LogP contribution is -2.71. The molecule has 3 N–H and O–H groups in total. The number of carbonyl (C=O) groups excluding carboxylic acids is 1. The number of hydrogen-bond donors (Lipinski definition) is 3. The molecule has 1 spiro atoms. The molecule has 6 heteroatoms. The van der Waals surface area contributed by atoms with E-state index in [1.54, 1.807) is 0 Å². The predicted molar refractivity (Wildman–Crippen MR) is 100 cm³/mol. The highest BCUT2D eigenvalue weighted by Crippen LogP contribution is 2.76. The Kier molecular flexibility index (Phi) is 3.79. The van der Waals surface area contributed by atoms with E-state index in [4.69, 9.17) is 9.47 Å². The first-order valence-electron chi connectivity index (χ1n) is 10.8. The van der Waals surface area contributed by atoms with Gasteiger partial charge < -0.3 is 24.8 Å². The summed E-state index contributed by atoms with van der Waals surface area (Å²) in [5, 5.41) is 32.9. The van der Waals surface area contributed by atoms with Gasteiger partial charge in [0.1, 0.15) is 11.7 Å². The van der Waals surface area contributed by atoms with Gasteiger partial charge in [0.05, 0.1) is 24.9 Å². The Bertz CT molecular complexity index is 707. The zero-order valence-corrected chi connectivity index (χ0v) is 17.4. The standard InChI is InChI=1S/C22H34O6/c1-11(24)27-15-5-6-20(4)16(19(15,2)3)13(25)9-21-8-12-7-14(17(20)21)28-22(12,10-23)18(21)26/h12-18,23,25-26H,5-10H2,1-4H3/t12-,13+,14+,15+,16-,17+,18+,20-,21+,22-/m1/s1. The molecule has 0 radical (unpaired) electrons. The third-order valence-corrected chi connectivity index (χ3v) is 9.73. The van der Waals surface area contributed by atoms with E-state index >= 15 is 0 Å². The first-order valence-corrected chi connectivity index (χ1v) is 10.8. The summed E-state index contributed by atoms with van der Waals surface area (Å²) in [7, 11) is 0. The lowest BCUT2D eigenvalue weighted by Gasteiger charge is -2.68. The Morgan fingerprint density at radius 1 is 1.18 bits per heavy atom. The molecule has 2 aliphatic heterocycles. The lowest BCUT2D eigenvalue weighted by atomic mass is 9.39. The molecule has 6 rings (SSSR count). The number of aliphatic hydroxyl groups excluding tert-OH is 3. The normalized spacial score (nSPS) is 58.3. The maximum Gasteiger partial charge on any atom is 0.302 e.